The topological polar surface area (TPSA) is 37.2 Å². The molecule has 1 saturated heterocycles. The Morgan fingerprint density at radius 3 is 3.00 bits per heavy atom. The van der Waals surface area contributed by atoms with E-state index in [-0.39, 0.29) is 0 Å². The molecule has 1 fully saturated rings. The number of hydrazine groups is 1. The monoisotopic (exact) mass is 152 g/mol. The molecular formula is C8H12N2O. The van der Waals surface area contributed by atoms with Gasteiger partial charge in [0.1, 0.15) is 5.76 Å². The van der Waals surface area contributed by atoms with Crippen molar-refractivity contribution in [2.45, 2.75) is 25.4 Å². The van der Waals surface area contributed by atoms with Gasteiger partial charge in [-0.3, -0.25) is 5.43 Å². The molecule has 11 heavy (non-hydrogen) atoms. The maximum absolute atomic E-state index is 5.26. The first-order chi connectivity index (χ1) is 5.36. The van der Waals surface area contributed by atoms with Crippen LogP contribution in [-0.2, 0) is 0 Å². The quantitative estimate of drug-likeness (QED) is 0.635. The molecule has 2 unspecified atom stereocenters. The van der Waals surface area contributed by atoms with E-state index in [0.29, 0.717) is 12.1 Å². The highest BCUT2D eigenvalue weighted by molar-refractivity contribution is 5.06. The normalized spacial score (nSPS) is 31.0. The Labute approximate surface area is 65.7 Å². The summed E-state index contributed by atoms with van der Waals surface area (Å²) >= 11 is 0. The van der Waals surface area contributed by atoms with E-state index in [0.717, 1.165) is 12.2 Å². The second-order valence-corrected chi connectivity index (χ2v) is 2.99. The minimum atomic E-state index is 0.347. The van der Waals surface area contributed by atoms with Crippen molar-refractivity contribution in [1.29, 1.82) is 0 Å². The van der Waals surface area contributed by atoms with Crippen molar-refractivity contribution >= 4 is 0 Å². The van der Waals surface area contributed by atoms with Crippen molar-refractivity contribution in [3.63, 3.8) is 0 Å². The van der Waals surface area contributed by atoms with Crippen molar-refractivity contribution in [2.75, 3.05) is 0 Å². The average Bonchev–Trinajstić information content (AvgIpc) is 2.55. The molecule has 1 aliphatic rings. The predicted molar refractivity (Wildman–Crippen MR) is 41.8 cm³/mol. The summed E-state index contributed by atoms with van der Waals surface area (Å²) < 4.78 is 5.26. The van der Waals surface area contributed by atoms with Crippen molar-refractivity contribution < 1.29 is 4.42 Å². The van der Waals surface area contributed by atoms with E-state index in [1.807, 2.05) is 12.1 Å². The molecule has 1 aromatic rings. The molecule has 2 heterocycles. The van der Waals surface area contributed by atoms with Crippen LogP contribution in [0.4, 0.5) is 0 Å². The number of rotatable bonds is 1. The molecule has 3 heteroatoms. The zero-order chi connectivity index (χ0) is 7.68. The van der Waals surface area contributed by atoms with E-state index < -0.39 is 0 Å². The molecule has 0 aromatic carbocycles. The fourth-order valence-electron chi connectivity index (χ4n) is 1.39. The van der Waals surface area contributed by atoms with Crippen LogP contribution in [0.3, 0.4) is 0 Å². The maximum atomic E-state index is 5.26. The van der Waals surface area contributed by atoms with Crippen LogP contribution in [-0.4, -0.2) is 6.04 Å². The van der Waals surface area contributed by atoms with E-state index in [1.54, 1.807) is 6.26 Å². The van der Waals surface area contributed by atoms with Gasteiger partial charge in [0.2, 0.25) is 0 Å². The summed E-state index contributed by atoms with van der Waals surface area (Å²) in [6, 6.07) is 4.79. The van der Waals surface area contributed by atoms with Gasteiger partial charge in [0.15, 0.2) is 0 Å². The van der Waals surface area contributed by atoms with Crippen LogP contribution in [0.5, 0.6) is 0 Å². The van der Waals surface area contributed by atoms with Gasteiger partial charge in [-0.2, -0.15) is 0 Å². The van der Waals surface area contributed by atoms with Crippen LogP contribution in [0.15, 0.2) is 22.8 Å². The average molecular weight is 152 g/mol. The van der Waals surface area contributed by atoms with Crippen LogP contribution in [0.25, 0.3) is 0 Å². The molecule has 60 valence electrons. The van der Waals surface area contributed by atoms with Crippen LogP contribution >= 0.6 is 0 Å². The summed E-state index contributed by atoms with van der Waals surface area (Å²) in [6.07, 6.45) is 2.80. The molecule has 1 aliphatic heterocycles. The van der Waals surface area contributed by atoms with Crippen molar-refractivity contribution in [3.8, 4) is 0 Å². The molecule has 0 spiro atoms. The van der Waals surface area contributed by atoms with Crippen LogP contribution in [0, 0.1) is 0 Å². The molecule has 0 saturated carbocycles. The van der Waals surface area contributed by atoms with Crippen molar-refractivity contribution in [2.24, 2.45) is 0 Å². The highest BCUT2D eigenvalue weighted by Crippen LogP contribution is 2.21. The highest BCUT2D eigenvalue weighted by atomic mass is 16.3. The fourth-order valence-corrected chi connectivity index (χ4v) is 1.39. The molecule has 0 amide bonds. The van der Waals surface area contributed by atoms with Crippen LogP contribution in [0.2, 0.25) is 0 Å². The number of nitrogens with one attached hydrogen (secondary N) is 2. The second-order valence-electron chi connectivity index (χ2n) is 2.99. The largest absolute Gasteiger partial charge is 0.468 e. The third-order valence-electron chi connectivity index (χ3n) is 1.98. The SMILES string of the molecule is CC1CC(c2ccco2)NN1. The highest BCUT2D eigenvalue weighted by Gasteiger charge is 2.23. The molecule has 3 nitrogen and oxygen atoms in total. The van der Waals surface area contributed by atoms with Gasteiger partial charge in [0.25, 0.3) is 0 Å². The maximum Gasteiger partial charge on any atom is 0.122 e. The van der Waals surface area contributed by atoms with Gasteiger partial charge in [-0.25, -0.2) is 5.43 Å². The number of hydrogen-bond donors (Lipinski definition) is 2. The van der Waals surface area contributed by atoms with Crippen molar-refractivity contribution in [1.82, 2.24) is 10.9 Å². The van der Waals surface area contributed by atoms with Gasteiger partial charge in [-0.15, -0.1) is 0 Å². The smallest absolute Gasteiger partial charge is 0.122 e. The molecule has 0 aliphatic carbocycles. The first kappa shape index (κ1) is 6.88. The van der Waals surface area contributed by atoms with Crippen molar-refractivity contribution in [3.05, 3.63) is 24.2 Å². The fraction of sp³-hybridized carbons (Fsp3) is 0.500. The minimum absolute atomic E-state index is 0.347. The lowest BCUT2D eigenvalue weighted by atomic mass is 10.1. The van der Waals surface area contributed by atoms with Gasteiger partial charge < -0.3 is 4.42 Å². The molecule has 0 radical (unpaired) electrons. The van der Waals surface area contributed by atoms with E-state index >= 15 is 0 Å². The predicted octanol–water partition coefficient (Wildman–Crippen LogP) is 1.21. The van der Waals surface area contributed by atoms with E-state index in [4.69, 9.17) is 4.42 Å². The van der Waals surface area contributed by atoms with E-state index in [9.17, 15) is 0 Å². The lowest BCUT2D eigenvalue weighted by Gasteiger charge is -2.03. The number of hydrogen-bond acceptors (Lipinski definition) is 3. The lowest BCUT2D eigenvalue weighted by molar-refractivity contribution is 0.433. The van der Waals surface area contributed by atoms with Gasteiger partial charge >= 0.3 is 0 Å². The third kappa shape index (κ3) is 1.29. The van der Waals surface area contributed by atoms with E-state index in [1.165, 1.54) is 0 Å². The van der Waals surface area contributed by atoms with Gasteiger partial charge in [-0.05, 0) is 25.5 Å². The molecular weight excluding hydrogens is 140 g/mol. The van der Waals surface area contributed by atoms with Crippen LogP contribution in [0.1, 0.15) is 25.1 Å². The summed E-state index contributed by atoms with van der Waals surface area (Å²) in [7, 11) is 0. The summed E-state index contributed by atoms with van der Waals surface area (Å²) in [6.45, 7) is 2.15. The van der Waals surface area contributed by atoms with Gasteiger partial charge in [0.05, 0.1) is 12.3 Å². The Hall–Kier alpha value is -0.800. The van der Waals surface area contributed by atoms with Crippen LogP contribution < -0.4 is 10.9 Å². The standard InChI is InChI=1S/C8H12N2O/c1-6-5-7(10-9-6)8-3-2-4-11-8/h2-4,6-7,9-10H,5H2,1H3. The molecule has 2 N–H and O–H groups in total. The summed E-state index contributed by atoms with van der Waals surface area (Å²) in [5.41, 5.74) is 6.31. The minimum Gasteiger partial charge on any atom is -0.468 e. The zero-order valence-corrected chi connectivity index (χ0v) is 6.50. The summed E-state index contributed by atoms with van der Waals surface area (Å²) in [4.78, 5) is 0. The van der Waals surface area contributed by atoms with Gasteiger partial charge in [-0.1, -0.05) is 0 Å². The molecule has 0 bridgehead atoms. The Kier molecular flexibility index (Phi) is 1.68. The summed E-state index contributed by atoms with van der Waals surface area (Å²) in [5, 5.41) is 0. The first-order valence-corrected chi connectivity index (χ1v) is 3.91. The zero-order valence-electron chi connectivity index (χ0n) is 6.50. The third-order valence-corrected chi connectivity index (χ3v) is 1.98. The Morgan fingerprint density at radius 1 is 1.55 bits per heavy atom. The van der Waals surface area contributed by atoms with Gasteiger partial charge in [0, 0.05) is 6.04 Å². The first-order valence-electron chi connectivity index (χ1n) is 3.91. The lowest BCUT2D eigenvalue weighted by Crippen LogP contribution is -2.28. The second kappa shape index (κ2) is 2.68. The Morgan fingerprint density at radius 2 is 2.45 bits per heavy atom. The molecule has 2 atom stereocenters. The van der Waals surface area contributed by atoms with E-state index in [2.05, 4.69) is 17.8 Å². The molecule has 1 aromatic heterocycles. The summed E-state index contributed by atoms with van der Waals surface area (Å²) in [5.74, 6) is 1.02. The Bertz CT molecular complexity index is 220. The molecule has 2 rings (SSSR count). The number of furan rings is 1. The Balaban J connectivity index is 2.08.